The molecular formula is C24H22FN7O3. The van der Waals surface area contributed by atoms with E-state index in [1.165, 1.54) is 11.1 Å². The number of benzene rings is 1. The normalized spacial score (nSPS) is 16.3. The number of nitrogens with zero attached hydrogens (tertiary/aromatic N) is 5. The Labute approximate surface area is 199 Å². The average Bonchev–Trinajstić information content (AvgIpc) is 3.44. The standard InChI is InChI=1S/C24H22FN7O3/c1-12-16(9-30-23-22(12)28-3-5-35-23)15-6-13-7-19(29-10-17(13)21(26)20(15)25)32(24(33)34)14-8-18-27-2-4-31(18)11-14/h2,4,6-7,9-10,14,28H,3,5,8,11,26H2,1H3,(H,33,34). The molecule has 1 unspecified atom stereocenters. The predicted molar refractivity (Wildman–Crippen MR) is 128 cm³/mol. The Kier molecular flexibility index (Phi) is 4.73. The van der Waals surface area contributed by atoms with Crippen molar-refractivity contribution < 1.29 is 19.0 Å². The highest BCUT2D eigenvalue weighted by molar-refractivity contribution is 5.99. The molecule has 0 saturated carbocycles. The molecule has 2 aliphatic heterocycles. The number of halogens is 1. The van der Waals surface area contributed by atoms with Gasteiger partial charge in [0.2, 0.25) is 5.88 Å². The number of pyridine rings is 2. The van der Waals surface area contributed by atoms with E-state index in [0.717, 1.165) is 17.1 Å². The van der Waals surface area contributed by atoms with Gasteiger partial charge in [-0.2, -0.15) is 0 Å². The first-order valence-electron chi connectivity index (χ1n) is 11.2. The third kappa shape index (κ3) is 3.30. The van der Waals surface area contributed by atoms with E-state index < -0.39 is 11.9 Å². The van der Waals surface area contributed by atoms with Gasteiger partial charge in [-0.15, -0.1) is 0 Å². The molecule has 0 aliphatic carbocycles. The van der Waals surface area contributed by atoms with E-state index in [1.807, 2.05) is 17.7 Å². The molecule has 3 aromatic heterocycles. The lowest BCUT2D eigenvalue weighted by atomic mass is 9.97. The minimum Gasteiger partial charge on any atom is -0.474 e. The van der Waals surface area contributed by atoms with Crippen molar-refractivity contribution in [2.45, 2.75) is 25.9 Å². The maximum atomic E-state index is 15.4. The number of nitrogens with one attached hydrogen (secondary N) is 1. The molecule has 0 fully saturated rings. The Balaban J connectivity index is 1.45. The zero-order chi connectivity index (χ0) is 24.3. The second-order valence-electron chi connectivity index (χ2n) is 8.67. The summed E-state index contributed by atoms with van der Waals surface area (Å²) in [4.78, 5) is 26.4. The SMILES string of the molecule is Cc1c(-c2cc3cc(N(C(=O)O)C4Cc5nccn5C4)ncc3c(N)c2F)cnc2c1NCCO2. The number of nitrogen functional groups attached to an aromatic ring is 1. The molecule has 1 atom stereocenters. The van der Waals surface area contributed by atoms with Gasteiger partial charge in [-0.25, -0.2) is 24.1 Å². The maximum Gasteiger partial charge on any atom is 0.413 e. The number of nitrogens with two attached hydrogens (primary N) is 1. The van der Waals surface area contributed by atoms with Crippen molar-refractivity contribution in [2.24, 2.45) is 0 Å². The Morgan fingerprint density at radius 2 is 2.14 bits per heavy atom. The average molecular weight is 475 g/mol. The Bertz CT molecular complexity index is 1480. The van der Waals surface area contributed by atoms with E-state index in [2.05, 4.69) is 20.3 Å². The lowest BCUT2D eigenvalue weighted by molar-refractivity contribution is 0.198. The number of carbonyl (C=O) groups is 1. The van der Waals surface area contributed by atoms with Crippen molar-refractivity contribution in [1.82, 2.24) is 19.5 Å². The van der Waals surface area contributed by atoms with Gasteiger partial charge in [0, 0.05) is 60.8 Å². The summed E-state index contributed by atoms with van der Waals surface area (Å²) in [6, 6.07) is 2.94. The second kappa shape index (κ2) is 7.83. The van der Waals surface area contributed by atoms with E-state index in [9.17, 15) is 9.90 Å². The van der Waals surface area contributed by atoms with Crippen molar-refractivity contribution >= 4 is 34.1 Å². The number of imidazole rings is 1. The van der Waals surface area contributed by atoms with Crippen molar-refractivity contribution in [3.63, 3.8) is 0 Å². The lowest BCUT2D eigenvalue weighted by Crippen LogP contribution is -2.41. The Morgan fingerprint density at radius 3 is 2.94 bits per heavy atom. The Hall–Kier alpha value is -4.41. The number of fused-ring (bicyclic) bond motifs is 3. The number of anilines is 3. The number of aromatic nitrogens is 4. The molecule has 35 heavy (non-hydrogen) atoms. The fraction of sp³-hybridized carbons (Fsp3) is 0.250. The number of hydrogen-bond acceptors (Lipinski definition) is 7. The van der Waals surface area contributed by atoms with Crippen LogP contribution in [0.5, 0.6) is 5.88 Å². The third-order valence-corrected chi connectivity index (χ3v) is 6.67. The highest BCUT2D eigenvalue weighted by Gasteiger charge is 2.33. The van der Waals surface area contributed by atoms with Crippen LogP contribution in [0.3, 0.4) is 0 Å². The molecule has 1 amide bonds. The van der Waals surface area contributed by atoms with Crippen LogP contribution in [0.15, 0.2) is 36.9 Å². The van der Waals surface area contributed by atoms with Crippen LogP contribution in [-0.4, -0.2) is 49.9 Å². The van der Waals surface area contributed by atoms with Crippen LogP contribution in [0.25, 0.3) is 21.9 Å². The lowest BCUT2D eigenvalue weighted by Gasteiger charge is -2.25. The molecule has 10 nitrogen and oxygen atoms in total. The van der Waals surface area contributed by atoms with E-state index in [0.29, 0.717) is 48.3 Å². The summed E-state index contributed by atoms with van der Waals surface area (Å²) in [5.74, 6) is 0.966. The minimum absolute atomic E-state index is 0.0549. The number of rotatable bonds is 3. The molecule has 0 spiro atoms. The van der Waals surface area contributed by atoms with Gasteiger partial charge in [0.1, 0.15) is 23.9 Å². The number of carboxylic acid groups (broad SMARTS) is 1. The van der Waals surface area contributed by atoms with E-state index in [4.69, 9.17) is 10.5 Å². The molecular weight excluding hydrogens is 453 g/mol. The van der Waals surface area contributed by atoms with Gasteiger partial charge in [-0.1, -0.05) is 0 Å². The molecule has 0 radical (unpaired) electrons. The first kappa shape index (κ1) is 21.1. The highest BCUT2D eigenvalue weighted by atomic mass is 19.1. The monoisotopic (exact) mass is 475 g/mol. The van der Waals surface area contributed by atoms with Gasteiger partial charge < -0.3 is 25.5 Å². The van der Waals surface area contributed by atoms with Crippen molar-refractivity contribution in [1.29, 1.82) is 0 Å². The van der Waals surface area contributed by atoms with Crippen LogP contribution in [0, 0.1) is 12.7 Å². The van der Waals surface area contributed by atoms with Gasteiger partial charge in [-0.05, 0) is 30.0 Å². The highest BCUT2D eigenvalue weighted by Crippen LogP contribution is 2.40. The molecule has 178 valence electrons. The van der Waals surface area contributed by atoms with Crippen molar-refractivity contribution in [2.75, 3.05) is 29.1 Å². The summed E-state index contributed by atoms with van der Waals surface area (Å²) in [5.41, 5.74) is 8.48. The summed E-state index contributed by atoms with van der Waals surface area (Å²) < 4.78 is 22.9. The van der Waals surface area contributed by atoms with Gasteiger partial charge in [-0.3, -0.25) is 4.90 Å². The van der Waals surface area contributed by atoms with Gasteiger partial charge in [0.25, 0.3) is 0 Å². The molecule has 2 aliphatic rings. The predicted octanol–water partition coefficient (Wildman–Crippen LogP) is 3.44. The van der Waals surface area contributed by atoms with Crippen LogP contribution in [0.1, 0.15) is 11.4 Å². The quantitative estimate of drug-likeness (QED) is 0.384. The van der Waals surface area contributed by atoms with Crippen LogP contribution in [0.2, 0.25) is 0 Å². The second-order valence-corrected chi connectivity index (χ2v) is 8.67. The third-order valence-electron chi connectivity index (χ3n) is 6.67. The first-order chi connectivity index (χ1) is 16.9. The molecule has 4 N–H and O–H groups in total. The minimum atomic E-state index is -1.12. The van der Waals surface area contributed by atoms with Gasteiger partial charge in [0.15, 0.2) is 5.82 Å². The number of hydrogen-bond donors (Lipinski definition) is 3. The molecule has 11 heteroatoms. The molecule has 0 saturated heterocycles. The molecule has 4 aromatic rings. The summed E-state index contributed by atoms with van der Waals surface area (Å²) in [6.07, 6.45) is 5.87. The zero-order valence-electron chi connectivity index (χ0n) is 18.8. The molecule has 1 aromatic carbocycles. The number of amides is 1. The van der Waals surface area contributed by atoms with Crippen LogP contribution >= 0.6 is 0 Å². The molecule has 5 heterocycles. The first-order valence-corrected chi connectivity index (χ1v) is 11.2. The van der Waals surface area contributed by atoms with Crippen LogP contribution in [-0.2, 0) is 13.0 Å². The van der Waals surface area contributed by atoms with E-state index in [1.54, 1.807) is 24.5 Å². The smallest absolute Gasteiger partial charge is 0.413 e. The summed E-state index contributed by atoms with van der Waals surface area (Å²) in [7, 11) is 0. The van der Waals surface area contributed by atoms with Gasteiger partial charge >= 0.3 is 6.09 Å². The topological polar surface area (TPSA) is 131 Å². The fourth-order valence-corrected chi connectivity index (χ4v) is 4.92. The maximum absolute atomic E-state index is 15.4. The van der Waals surface area contributed by atoms with Crippen LogP contribution < -0.4 is 20.7 Å². The van der Waals surface area contributed by atoms with Crippen molar-refractivity contribution in [3.8, 4) is 17.0 Å². The summed E-state index contributed by atoms with van der Waals surface area (Å²) >= 11 is 0. The van der Waals surface area contributed by atoms with E-state index in [-0.39, 0.29) is 23.1 Å². The number of ether oxygens (including phenoxy) is 1. The van der Waals surface area contributed by atoms with Crippen molar-refractivity contribution in [3.05, 3.63) is 54.1 Å². The molecule has 6 rings (SSSR count). The largest absolute Gasteiger partial charge is 0.474 e. The zero-order valence-corrected chi connectivity index (χ0v) is 18.8. The van der Waals surface area contributed by atoms with Crippen LogP contribution in [0.4, 0.5) is 26.4 Å². The molecule has 0 bridgehead atoms. The summed E-state index contributed by atoms with van der Waals surface area (Å²) in [6.45, 7) is 3.48. The Morgan fingerprint density at radius 1 is 1.29 bits per heavy atom. The van der Waals surface area contributed by atoms with Gasteiger partial charge in [0.05, 0.1) is 11.7 Å². The fourth-order valence-electron chi connectivity index (χ4n) is 4.92. The summed E-state index contributed by atoms with van der Waals surface area (Å²) in [5, 5.41) is 14.2. The van der Waals surface area contributed by atoms with E-state index >= 15 is 4.39 Å².